The van der Waals surface area contributed by atoms with Gasteiger partial charge in [-0.15, -0.1) is 0 Å². The summed E-state index contributed by atoms with van der Waals surface area (Å²) in [6.07, 6.45) is 6.20. The van der Waals surface area contributed by atoms with Crippen molar-refractivity contribution in [3.05, 3.63) is 29.6 Å². The smallest absolute Gasteiger partial charge is 0.282 e. The highest BCUT2D eigenvalue weighted by atomic mass is 19.2. The fraction of sp³-hybridized carbons (Fsp3) is 0.611. The first kappa shape index (κ1) is 17.3. The molecule has 1 aromatic rings. The van der Waals surface area contributed by atoms with Crippen LogP contribution in [0.25, 0.3) is 0 Å². The van der Waals surface area contributed by atoms with E-state index in [1.54, 1.807) is 0 Å². The van der Waals surface area contributed by atoms with Gasteiger partial charge in [0.15, 0.2) is 23.5 Å². The minimum absolute atomic E-state index is 0.308. The lowest BCUT2D eigenvalue weighted by Gasteiger charge is -2.40. The van der Waals surface area contributed by atoms with Crippen LogP contribution in [0.4, 0.5) is 18.9 Å². The first-order valence-electron chi connectivity index (χ1n) is 8.76. The summed E-state index contributed by atoms with van der Waals surface area (Å²) in [4.78, 5) is 13.6. The molecule has 0 aromatic heterocycles. The Balaban J connectivity index is 1.64. The van der Waals surface area contributed by atoms with Crippen molar-refractivity contribution in [1.29, 1.82) is 0 Å². The Kier molecular flexibility index (Phi) is 5.13. The molecule has 1 aromatic carbocycles. The summed E-state index contributed by atoms with van der Waals surface area (Å²) < 4.78 is 40.0. The third kappa shape index (κ3) is 3.43. The fourth-order valence-electron chi connectivity index (χ4n) is 4.18. The number of anilines is 1. The average molecular weight is 341 g/mol. The zero-order valence-electron chi connectivity index (χ0n) is 13.9. The van der Waals surface area contributed by atoms with Crippen molar-refractivity contribution in [3.63, 3.8) is 0 Å². The molecule has 1 amide bonds. The summed E-state index contributed by atoms with van der Waals surface area (Å²) in [7, 11) is 0. The van der Waals surface area contributed by atoms with E-state index < -0.39 is 17.5 Å². The van der Waals surface area contributed by atoms with Crippen molar-refractivity contribution in [1.82, 2.24) is 0 Å². The van der Waals surface area contributed by atoms with E-state index in [0.29, 0.717) is 5.92 Å². The maximum absolute atomic E-state index is 13.7. The van der Waals surface area contributed by atoms with Crippen LogP contribution in [-0.2, 0) is 4.79 Å². The van der Waals surface area contributed by atoms with E-state index in [4.69, 9.17) is 0 Å². The number of fused-ring (bicyclic) bond motifs is 1. The van der Waals surface area contributed by atoms with E-state index >= 15 is 0 Å². The Hall–Kier alpha value is -1.56. The van der Waals surface area contributed by atoms with Crippen LogP contribution in [-0.4, -0.2) is 25.0 Å². The minimum atomic E-state index is -1.56. The number of nitrogens with one attached hydrogen (secondary N) is 2. The van der Waals surface area contributed by atoms with Crippen LogP contribution in [0.3, 0.4) is 0 Å². The Morgan fingerprint density at radius 2 is 1.83 bits per heavy atom. The van der Waals surface area contributed by atoms with E-state index in [2.05, 4.69) is 5.32 Å². The quantitative estimate of drug-likeness (QED) is 0.814. The van der Waals surface area contributed by atoms with Gasteiger partial charge in [0.05, 0.1) is 18.8 Å². The van der Waals surface area contributed by atoms with Gasteiger partial charge in [-0.25, -0.2) is 13.2 Å². The fourth-order valence-corrected chi connectivity index (χ4v) is 4.18. The summed E-state index contributed by atoms with van der Waals surface area (Å²) in [5.41, 5.74) is -0.308. The largest absolute Gasteiger partial charge is 0.325 e. The molecule has 6 heteroatoms. The van der Waals surface area contributed by atoms with Crippen molar-refractivity contribution in [3.8, 4) is 0 Å². The first-order valence-corrected chi connectivity index (χ1v) is 8.76. The number of benzene rings is 1. The van der Waals surface area contributed by atoms with Gasteiger partial charge < -0.3 is 10.2 Å². The summed E-state index contributed by atoms with van der Waals surface area (Å²) in [5, 5.41) is 2.41. The number of hydrogen-bond donors (Lipinski definition) is 2. The summed E-state index contributed by atoms with van der Waals surface area (Å²) in [5.74, 6) is -3.08. The van der Waals surface area contributed by atoms with Crippen LogP contribution in [0.1, 0.15) is 39.0 Å². The Morgan fingerprint density at radius 1 is 1.12 bits per heavy atom. The predicted octanol–water partition coefficient (Wildman–Crippen LogP) is 2.53. The zero-order chi connectivity index (χ0) is 17.3. The summed E-state index contributed by atoms with van der Waals surface area (Å²) >= 11 is 0. The maximum atomic E-state index is 13.7. The molecular formula is C18H24F3N2O+. The molecule has 132 valence electrons. The van der Waals surface area contributed by atoms with E-state index in [1.165, 1.54) is 30.6 Å². The van der Waals surface area contributed by atoms with Crippen molar-refractivity contribution < 1.29 is 22.9 Å². The van der Waals surface area contributed by atoms with Gasteiger partial charge in [-0.3, -0.25) is 4.79 Å². The van der Waals surface area contributed by atoms with Gasteiger partial charge in [0, 0.05) is 5.92 Å². The predicted molar refractivity (Wildman–Crippen MR) is 85.2 cm³/mol. The second kappa shape index (κ2) is 7.13. The first-order chi connectivity index (χ1) is 11.5. The molecule has 2 aliphatic rings. The Bertz CT molecular complexity index is 623. The molecule has 1 saturated carbocycles. The number of rotatable bonds is 3. The third-order valence-electron chi connectivity index (χ3n) is 5.73. The Morgan fingerprint density at radius 3 is 2.58 bits per heavy atom. The SMILES string of the molecule is C[C@@H](C(=O)Nc1ccc(F)c(F)c1F)[NH+]1CC[C@@H]2CCCC[C@@H]2C1. The molecule has 2 fully saturated rings. The summed E-state index contributed by atoms with van der Waals surface area (Å²) in [6.45, 7) is 3.70. The molecule has 0 bridgehead atoms. The molecule has 0 spiro atoms. The van der Waals surface area contributed by atoms with Crippen molar-refractivity contribution in [2.75, 3.05) is 18.4 Å². The van der Waals surface area contributed by atoms with Crippen LogP contribution in [0.2, 0.25) is 0 Å². The highest BCUT2D eigenvalue weighted by Crippen LogP contribution is 2.32. The van der Waals surface area contributed by atoms with Crippen LogP contribution in [0.15, 0.2) is 12.1 Å². The maximum Gasteiger partial charge on any atom is 0.282 e. The van der Waals surface area contributed by atoms with Crippen molar-refractivity contribution in [2.24, 2.45) is 11.8 Å². The number of carbonyl (C=O) groups excluding carboxylic acids is 1. The van der Waals surface area contributed by atoms with E-state index in [9.17, 15) is 18.0 Å². The van der Waals surface area contributed by atoms with E-state index in [-0.39, 0.29) is 17.6 Å². The number of quaternary nitrogens is 1. The number of amides is 1. The molecular weight excluding hydrogens is 317 g/mol. The molecule has 3 nitrogen and oxygen atoms in total. The zero-order valence-corrected chi connectivity index (χ0v) is 13.9. The van der Waals surface area contributed by atoms with Crippen molar-refractivity contribution in [2.45, 2.75) is 45.1 Å². The number of piperidine rings is 1. The molecule has 1 heterocycles. The van der Waals surface area contributed by atoms with Crippen LogP contribution >= 0.6 is 0 Å². The van der Waals surface area contributed by atoms with Gasteiger partial charge in [0.1, 0.15) is 0 Å². The number of hydrogen-bond acceptors (Lipinski definition) is 1. The molecule has 3 rings (SSSR count). The lowest BCUT2D eigenvalue weighted by molar-refractivity contribution is -0.924. The molecule has 4 atom stereocenters. The van der Waals surface area contributed by atoms with E-state index in [0.717, 1.165) is 37.6 Å². The van der Waals surface area contributed by atoms with Gasteiger partial charge in [-0.05, 0) is 44.2 Å². The summed E-state index contributed by atoms with van der Waals surface area (Å²) in [6, 6.07) is 1.53. The minimum Gasteiger partial charge on any atom is -0.325 e. The molecule has 2 N–H and O–H groups in total. The third-order valence-corrected chi connectivity index (χ3v) is 5.73. The van der Waals surface area contributed by atoms with Gasteiger partial charge in [0.25, 0.3) is 5.91 Å². The second-order valence-electron chi connectivity index (χ2n) is 7.14. The standard InChI is InChI=1S/C18H23F3N2O/c1-11(23-9-8-12-4-2-3-5-13(12)10-23)18(24)22-15-7-6-14(19)16(20)17(15)21/h6-7,11-13H,2-5,8-10H2,1H3,(H,22,24)/p+1/t11-,12-,13+/m0/s1. The lowest BCUT2D eigenvalue weighted by Crippen LogP contribution is -3.18. The monoisotopic (exact) mass is 341 g/mol. The average Bonchev–Trinajstić information content (AvgIpc) is 2.61. The van der Waals surface area contributed by atoms with Gasteiger partial charge in [-0.2, -0.15) is 0 Å². The molecule has 24 heavy (non-hydrogen) atoms. The molecule has 1 unspecified atom stereocenters. The van der Waals surface area contributed by atoms with Crippen LogP contribution in [0, 0.1) is 29.3 Å². The van der Waals surface area contributed by atoms with Gasteiger partial charge in [0.2, 0.25) is 0 Å². The normalized spacial score (nSPS) is 28.1. The molecule has 0 radical (unpaired) electrons. The Labute approximate surface area is 140 Å². The molecule has 1 saturated heterocycles. The topological polar surface area (TPSA) is 33.5 Å². The molecule has 1 aliphatic carbocycles. The number of carbonyl (C=O) groups is 1. The van der Waals surface area contributed by atoms with Crippen LogP contribution < -0.4 is 10.2 Å². The van der Waals surface area contributed by atoms with Crippen molar-refractivity contribution >= 4 is 11.6 Å². The number of likely N-dealkylation sites (tertiary alicyclic amines) is 1. The van der Waals surface area contributed by atoms with Crippen LogP contribution in [0.5, 0.6) is 0 Å². The highest BCUT2D eigenvalue weighted by Gasteiger charge is 2.37. The lowest BCUT2D eigenvalue weighted by atomic mass is 9.75. The number of halogens is 3. The van der Waals surface area contributed by atoms with E-state index in [1.807, 2.05) is 6.92 Å². The highest BCUT2D eigenvalue weighted by molar-refractivity contribution is 5.93. The second-order valence-corrected chi connectivity index (χ2v) is 7.14. The van der Waals surface area contributed by atoms with Gasteiger partial charge >= 0.3 is 0 Å². The van der Waals surface area contributed by atoms with Gasteiger partial charge in [-0.1, -0.05) is 12.8 Å². The molecule has 1 aliphatic heterocycles.